The predicted octanol–water partition coefficient (Wildman–Crippen LogP) is 1.01. The number of nitriles is 1. The minimum Gasteiger partial charge on any atom is -0.360 e. The summed E-state index contributed by atoms with van der Waals surface area (Å²) in [5.41, 5.74) is 1.47. The monoisotopic (exact) mass is 314 g/mol. The number of benzene rings is 1. The Bertz CT molecular complexity index is 830. The first-order valence-corrected chi connectivity index (χ1v) is 6.29. The van der Waals surface area contributed by atoms with Crippen LogP contribution in [0.25, 0.3) is 17.0 Å². The average Bonchev–Trinajstić information content (AvgIpc) is 3.21. The molecule has 0 aliphatic rings. The lowest BCUT2D eigenvalue weighted by Gasteiger charge is -2.07. The maximum absolute atomic E-state index is 9.14. The van der Waals surface area contributed by atoms with Crippen molar-refractivity contribution in [2.75, 3.05) is 5.32 Å². The zero-order valence-electron chi connectivity index (χ0n) is 10.8. The zero-order chi connectivity index (χ0) is 15.4. The van der Waals surface area contributed by atoms with E-state index in [0.717, 1.165) is 0 Å². The molecule has 108 valence electrons. The van der Waals surface area contributed by atoms with Crippen molar-refractivity contribution in [3.8, 4) is 17.5 Å². The second-order valence-corrected chi connectivity index (χ2v) is 4.41. The maximum atomic E-state index is 9.14. The normalized spacial score (nSPS) is 11.2. The number of halogens is 1. The van der Waals surface area contributed by atoms with Crippen molar-refractivity contribution < 1.29 is 0 Å². The molecule has 0 saturated carbocycles. The van der Waals surface area contributed by atoms with Gasteiger partial charge in [-0.05, 0) is 28.6 Å². The molecule has 0 unspecified atom stereocenters. The Morgan fingerprint density at radius 3 is 2.73 bits per heavy atom. The van der Waals surface area contributed by atoms with E-state index in [1.54, 1.807) is 18.2 Å². The summed E-state index contributed by atoms with van der Waals surface area (Å²) in [4.78, 5) is 0. The Kier molecular flexibility index (Phi) is 3.71. The summed E-state index contributed by atoms with van der Waals surface area (Å²) in [5.74, 6) is 0.573. The summed E-state index contributed by atoms with van der Waals surface area (Å²) in [6.07, 6.45) is 1.44. The summed E-state index contributed by atoms with van der Waals surface area (Å²) in [6, 6.07) is 7.09. The van der Waals surface area contributed by atoms with Crippen LogP contribution >= 0.6 is 11.6 Å². The first kappa shape index (κ1) is 13.7. The smallest absolute Gasteiger partial charge is 0.216 e. The predicted molar refractivity (Wildman–Crippen MR) is 76.0 cm³/mol. The zero-order valence-corrected chi connectivity index (χ0v) is 11.6. The Morgan fingerprint density at radius 1 is 1.23 bits per heavy atom. The molecule has 0 spiro atoms. The second kappa shape index (κ2) is 5.98. The van der Waals surface area contributed by atoms with Crippen LogP contribution in [0.5, 0.6) is 0 Å². The molecule has 0 aliphatic carbocycles. The number of tetrazole rings is 2. The number of aromatic nitrogens is 8. The van der Waals surface area contributed by atoms with Gasteiger partial charge in [-0.25, -0.2) is 0 Å². The molecule has 0 aliphatic heterocycles. The summed E-state index contributed by atoms with van der Waals surface area (Å²) >= 11 is 6.00. The van der Waals surface area contributed by atoms with E-state index in [2.05, 4.69) is 46.6 Å². The lowest BCUT2D eigenvalue weighted by atomic mass is 10.1. The van der Waals surface area contributed by atoms with Crippen LogP contribution in [0, 0.1) is 11.3 Å². The number of aromatic amines is 2. The Labute approximate surface area is 128 Å². The fourth-order valence-corrected chi connectivity index (χ4v) is 1.85. The van der Waals surface area contributed by atoms with E-state index in [1.165, 1.54) is 6.20 Å². The molecule has 0 radical (unpaired) electrons. The lowest BCUT2D eigenvalue weighted by Crippen LogP contribution is -1.96. The SMILES string of the molecule is N#CC(=CNc1cc(Cl)ccc1-c1nn[nH]n1)c1nn[nH]n1. The molecule has 3 aromatic rings. The van der Waals surface area contributed by atoms with Gasteiger partial charge < -0.3 is 5.32 Å². The van der Waals surface area contributed by atoms with Crippen LogP contribution in [-0.4, -0.2) is 41.2 Å². The number of nitrogens with one attached hydrogen (secondary N) is 3. The van der Waals surface area contributed by atoms with Gasteiger partial charge in [0.2, 0.25) is 11.6 Å². The summed E-state index contributed by atoms with van der Waals surface area (Å²) in [6.45, 7) is 0. The minimum atomic E-state index is 0.179. The number of rotatable bonds is 4. The Morgan fingerprint density at radius 2 is 2.05 bits per heavy atom. The molecule has 0 atom stereocenters. The van der Waals surface area contributed by atoms with Crippen molar-refractivity contribution in [3.63, 3.8) is 0 Å². The molecule has 10 nitrogen and oxygen atoms in total. The van der Waals surface area contributed by atoms with E-state index >= 15 is 0 Å². The third-order valence-electron chi connectivity index (χ3n) is 2.65. The number of allylic oxidation sites excluding steroid dienone is 1. The van der Waals surface area contributed by atoms with Gasteiger partial charge >= 0.3 is 0 Å². The molecular weight excluding hydrogens is 308 g/mol. The van der Waals surface area contributed by atoms with Gasteiger partial charge in [-0.1, -0.05) is 11.6 Å². The van der Waals surface area contributed by atoms with Crippen molar-refractivity contribution in [1.82, 2.24) is 41.2 Å². The molecule has 1 aromatic carbocycles. The van der Waals surface area contributed by atoms with Crippen molar-refractivity contribution in [2.24, 2.45) is 0 Å². The van der Waals surface area contributed by atoms with E-state index in [1.807, 2.05) is 6.07 Å². The van der Waals surface area contributed by atoms with Gasteiger partial charge in [-0.15, -0.1) is 20.4 Å². The quantitative estimate of drug-likeness (QED) is 0.605. The van der Waals surface area contributed by atoms with Crippen molar-refractivity contribution in [1.29, 1.82) is 5.26 Å². The van der Waals surface area contributed by atoms with Crippen LogP contribution in [-0.2, 0) is 0 Å². The van der Waals surface area contributed by atoms with Crippen LogP contribution < -0.4 is 5.32 Å². The fraction of sp³-hybridized carbons (Fsp3) is 0. The van der Waals surface area contributed by atoms with Gasteiger partial charge in [0.15, 0.2) is 0 Å². The molecule has 2 aromatic heterocycles. The van der Waals surface area contributed by atoms with Crippen LogP contribution in [0.4, 0.5) is 5.69 Å². The number of nitrogens with zero attached hydrogens (tertiary/aromatic N) is 7. The summed E-state index contributed by atoms with van der Waals surface area (Å²) in [7, 11) is 0. The molecule has 3 rings (SSSR count). The van der Waals surface area contributed by atoms with E-state index in [-0.39, 0.29) is 11.4 Å². The number of hydrogen-bond acceptors (Lipinski definition) is 8. The number of H-pyrrole nitrogens is 2. The molecule has 0 fully saturated rings. The fourth-order valence-electron chi connectivity index (χ4n) is 1.68. The van der Waals surface area contributed by atoms with Crippen LogP contribution in [0.1, 0.15) is 5.82 Å². The highest BCUT2D eigenvalue weighted by Gasteiger charge is 2.11. The van der Waals surface area contributed by atoms with Crippen molar-refractivity contribution >= 4 is 22.9 Å². The van der Waals surface area contributed by atoms with E-state index < -0.39 is 0 Å². The Hall–Kier alpha value is -3.32. The molecular formula is C11H7ClN10. The van der Waals surface area contributed by atoms with Gasteiger partial charge in [0.25, 0.3) is 0 Å². The molecule has 11 heteroatoms. The maximum Gasteiger partial charge on any atom is 0.216 e. The molecule has 0 saturated heterocycles. The summed E-state index contributed by atoms with van der Waals surface area (Å²) in [5, 5.41) is 39.5. The molecule has 2 heterocycles. The van der Waals surface area contributed by atoms with Gasteiger partial charge in [0, 0.05) is 16.8 Å². The van der Waals surface area contributed by atoms with E-state index in [9.17, 15) is 0 Å². The molecule has 22 heavy (non-hydrogen) atoms. The number of hydrogen-bond donors (Lipinski definition) is 3. The van der Waals surface area contributed by atoms with Crippen LogP contribution in [0.3, 0.4) is 0 Å². The molecule has 3 N–H and O–H groups in total. The van der Waals surface area contributed by atoms with E-state index in [4.69, 9.17) is 16.9 Å². The number of anilines is 1. The second-order valence-electron chi connectivity index (χ2n) is 3.97. The van der Waals surface area contributed by atoms with Crippen LogP contribution in [0.2, 0.25) is 5.02 Å². The lowest BCUT2D eigenvalue weighted by molar-refractivity contribution is 0.881. The van der Waals surface area contributed by atoms with Crippen LogP contribution in [0.15, 0.2) is 24.4 Å². The highest BCUT2D eigenvalue weighted by molar-refractivity contribution is 6.31. The first-order chi connectivity index (χ1) is 10.8. The van der Waals surface area contributed by atoms with Crippen molar-refractivity contribution in [3.05, 3.63) is 35.2 Å². The Balaban J connectivity index is 1.95. The molecule has 0 bridgehead atoms. The van der Waals surface area contributed by atoms with Gasteiger partial charge in [-0.2, -0.15) is 15.7 Å². The van der Waals surface area contributed by atoms with E-state index in [0.29, 0.717) is 22.1 Å². The highest BCUT2D eigenvalue weighted by atomic mass is 35.5. The largest absolute Gasteiger partial charge is 0.360 e. The molecule has 0 amide bonds. The summed E-state index contributed by atoms with van der Waals surface area (Å²) < 4.78 is 0. The van der Waals surface area contributed by atoms with Gasteiger partial charge in [0.1, 0.15) is 11.6 Å². The topological polar surface area (TPSA) is 145 Å². The third kappa shape index (κ3) is 2.74. The standard InChI is InChI=1S/C11H7ClN10/c12-7-1-2-8(11-17-21-22-18-11)9(3-7)14-5-6(4-13)10-15-19-20-16-10/h1-3,5,14H,(H,15,16,19,20)(H,17,18,21,22). The first-order valence-electron chi connectivity index (χ1n) is 5.92. The van der Waals surface area contributed by atoms with Gasteiger partial charge in [0.05, 0.1) is 5.69 Å². The average molecular weight is 315 g/mol. The van der Waals surface area contributed by atoms with Gasteiger partial charge in [-0.3, -0.25) is 0 Å². The third-order valence-corrected chi connectivity index (χ3v) is 2.88. The minimum absolute atomic E-state index is 0.179. The van der Waals surface area contributed by atoms with Crippen molar-refractivity contribution in [2.45, 2.75) is 0 Å². The highest BCUT2D eigenvalue weighted by Crippen LogP contribution is 2.28.